The van der Waals surface area contributed by atoms with Crippen molar-refractivity contribution in [1.82, 2.24) is 14.6 Å². The second kappa shape index (κ2) is 9.80. The highest BCUT2D eigenvalue weighted by molar-refractivity contribution is 7.54. The second-order valence-electron chi connectivity index (χ2n) is 6.35. The summed E-state index contributed by atoms with van der Waals surface area (Å²) in [7, 11) is -2.27. The number of nitrogens with one attached hydrogen (secondary N) is 1. The maximum atomic E-state index is 13.3. The molecule has 0 aromatic carbocycles. The third kappa shape index (κ3) is 4.79. The molecule has 0 unspecified atom stereocenters. The number of hydroxylamine groups is 2. The van der Waals surface area contributed by atoms with E-state index in [1.165, 1.54) is 31.3 Å². The van der Waals surface area contributed by atoms with Crippen LogP contribution in [0.3, 0.4) is 0 Å². The molecule has 0 saturated carbocycles. The van der Waals surface area contributed by atoms with Gasteiger partial charge in [0, 0.05) is 26.6 Å². The van der Waals surface area contributed by atoms with Crippen LogP contribution >= 0.6 is 7.60 Å². The second-order valence-corrected chi connectivity index (χ2v) is 8.54. The molecule has 0 radical (unpaired) electrons. The van der Waals surface area contributed by atoms with Crippen molar-refractivity contribution in [2.75, 3.05) is 32.2 Å². The zero-order chi connectivity index (χ0) is 22.5. The number of aromatic nitrogens is 2. The van der Waals surface area contributed by atoms with E-state index in [0.717, 1.165) is 4.57 Å². The van der Waals surface area contributed by atoms with Crippen LogP contribution in [0, 0.1) is 0 Å². The molecule has 1 amide bonds. The molecule has 2 heterocycles. The van der Waals surface area contributed by atoms with Gasteiger partial charge in [0.1, 0.15) is 11.6 Å². The van der Waals surface area contributed by atoms with Gasteiger partial charge in [0.05, 0.1) is 19.8 Å². The van der Waals surface area contributed by atoms with Crippen molar-refractivity contribution in [2.45, 2.75) is 45.6 Å². The van der Waals surface area contributed by atoms with Gasteiger partial charge in [0.15, 0.2) is 0 Å². The first-order valence-electron chi connectivity index (χ1n) is 9.49. The van der Waals surface area contributed by atoms with Gasteiger partial charge in [0.2, 0.25) is 5.91 Å². The smallest absolute Gasteiger partial charge is 0.362 e. The number of anilines is 1. The maximum absolute atomic E-state index is 13.3. The van der Waals surface area contributed by atoms with Crippen molar-refractivity contribution < 1.29 is 32.8 Å². The Hall–Kier alpha value is -2.11. The van der Waals surface area contributed by atoms with E-state index in [0.29, 0.717) is 0 Å². The van der Waals surface area contributed by atoms with Gasteiger partial charge in [-0.1, -0.05) is 0 Å². The number of esters is 1. The molecule has 2 atom stereocenters. The number of ether oxygens (including phenoxy) is 1. The Morgan fingerprint density at radius 3 is 2.43 bits per heavy atom. The zero-order valence-electron chi connectivity index (χ0n) is 17.6. The zero-order valence-corrected chi connectivity index (χ0v) is 18.5. The number of hydrogen-bond donors (Lipinski definition) is 1. The number of rotatable bonds is 9. The number of nitrogens with zero attached hydrogens (tertiary/aromatic N) is 3. The van der Waals surface area contributed by atoms with E-state index in [2.05, 4.69) is 10.3 Å². The highest BCUT2D eigenvalue weighted by Crippen LogP contribution is 2.59. The lowest BCUT2D eigenvalue weighted by atomic mass is 10.1. The molecule has 30 heavy (non-hydrogen) atoms. The van der Waals surface area contributed by atoms with Crippen molar-refractivity contribution in [1.29, 1.82) is 0 Å². The SMILES string of the molecule is CCOC(=O)[C@@]1(n2ccc(NC(C)=O)nc2=O)C[C@H](P(=O)(OCC)OCC)N(C)O1. The Balaban J connectivity index is 2.54. The summed E-state index contributed by atoms with van der Waals surface area (Å²) in [5.74, 6) is -2.25. The third-order valence-corrected chi connectivity index (χ3v) is 6.72. The van der Waals surface area contributed by atoms with Crippen LogP contribution in [0.4, 0.5) is 5.82 Å². The summed E-state index contributed by atoms with van der Waals surface area (Å²) in [5.41, 5.74) is -2.84. The monoisotopic (exact) mass is 446 g/mol. The van der Waals surface area contributed by atoms with Gasteiger partial charge >= 0.3 is 19.3 Å². The summed E-state index contributed by atoms with van der Waals surface area (Å²) in [6.45, 7) is 6.45. The molecule has 2 rings (SSSR count). The molecule has 1 aliphatic heterocycles. The molecule has 0 bridgehead atoms. The van der Waals surface area contributed by atoms with Crippen LogP contribution in [0.1, 0.15) is 34.1 Å². The first kappa shape index (κ1) is 24.2. The van der Waals surface area contributed by atoms with E-state index >= 15 is 0 Å². The first-order chi connectivity index (χ1) is 14.1. The van der Waals surface area contributed by atoms with Crippen LogP contribution in [-0.4, -0.2) is 59.1 Å². The maximum Gasteiger partial charge on any atom is 0.362 e. The number of hydrogen-bond acceptors (Lipinski definition) is 10. The predicted molar refractivity (Wildman–Crippen MR) is 106 cm³/mol. The summed E-state index contributed by atoms with van der Waals surface area (Å²) in [4.78, 5) is 46.4. The topological polar surface area (TPSA) is 138 Å². The minimum Gasteiger partial charge on any atom is -0.462 e. The minimum absolute atomic E-state index is 0.0139. The van der Waals surface area contributed by atoms with Crippen LogP contribution in [0.15, 0.2) is 17.1 Å². The third-order valence-electron chi connectivity index (χ3n) is 4.25. The average Bonchev–Trinajstić information content (AvgIpc) is 3.01. The molecule has 1 aromatic rings. The Morgan fingerprint density at radius 1 is 1.30 bits per heavy atom. The van der Waals surface area contributed by atoms with Gasteiger partial charge in [-0.3, -0.25) is 18.8 Å². The molecule has 0 spiro atoms. The van der Waals surface area contributed by atoms with Crippen molar-refractivity contribution in [3.63, 3.8) is 0 Å². The van der Waals surface area contributed by atoms with Crippen molar-refractivity contribution in [2.24, 2.45) is 0 Å². The van der Waals surface area contributed by atoms with Crippen LogP contribution in [0.5, 0.6) is 0 Å². The van der Waals surface area contributed by atoms with Gasteiger partial charge in [-0.05, 0) is 26.8 Å². The molecule has 1 aromatic heterocycles. The van der Waals surface area contributed by atoms with E-state index in [1.807, 2.05) is 0 Å². The highest BCUT2D eigenvalue weighted by Gasteiger charge is 2.59. The summed E-state index contributed by atoms with van der Waals surface area (Å²) in [6.07, 6.45) is 1.00. The molecule has 1 saturated heterocycles. The number of carbonyl (C=O) groups is 2. The fraction of sp³-hybridized carbons (Fsp3) is 0.647. The Bertz CT molecular complexity index is 881. The normalized spacial score (nSPS) is 22.1. The Morgan fingerprint density at radius 2 is 1.93 bits per heavy atom. The minimum atomic E-state index is -3.73. The quantitative estimate of drug-likeness (QED) is 0.436. The Kier molecular flexibility index (Phi) is 7.89. The summed E-state index contributed by atoms with van der Waals surface area (Å²) < 4.78 is 30.2. The molecular formula is C17H27N4O8P. The van der Waals surface area contributed by atoms with Crippen LogP contribution < -0.4 is 11.0 Å². The van der Waals surface area contributed by atoms with Crippen molar-refractivity contribution in [3.8, 4) is 0 Å². The van der Waals surface area contributed by atoms with Crippen LogP contribution in [0.2, 0.25) is 0 Å². The molecule has 168 valence electrons. The lowest BCUT2D eigenvalue weighted by Gasteiger charge is -2.27. The largest absolute Gasteiger partial charge is 0.462 e. The Labute approximate surface area is 173 Å². The summed E-state index contributed by atoms with van der Waals surface area (Å²) in [6, 6.07) is 1.34. The van der Waals surface area contributed by atoms with Crippen LogP contribution in [0.25, 0.3) is 0 Å². The molecule has 1 fully saturated rings. The van der Waals surface area contributed by atoms with E-state index < -0.39 is 36.7 Å². The standard InChI is InChI=1S/C17H27N4O8P/c1-6-26-15(23)17(21-10-9-13(18-12(4)22)19-16(21)24)11-14(20(5)29-17)30(25,27-7-2)28-8-3/h9-10,14H,6-8,11H2,1-5H3,(H,18,19,22,24)/t14-,17+/m0/s1. The first-order valence-corrected chi connectivity index (χ1v) is 11.1. The van der Waals surface area contributed by atoms with Crippen molar-refractivity contribution in [3.05, 3.63) is 22.7 Å². The predicted octanol–water partition coefficient (Wildman–Crippen LogP) is 1.28. The van der Waals surface area contributed by atoms with E-state index in [4.69, 9.17) is 18.6 Å². The van der Waals surface area contributed by atoms with Gasteiger partial charge < -0.3 is 19.1 Å². The number of carbonyl (C=O) groups excluding carboxylic acids is 2. The highest BCUT2D eigenvalue weighted by atomic mass is 31.2. The van der Waals surface area contributed by atoms with Crippen LogP contribution in [-0.2, 0) is 38.5 Å². The molecular weight excluding hydrogens is 419 g/mol. The number of amides is 1. The van der Waals surface area contributed by atoms with E-state index in [9.17, 15) is 18.9 Å². The molecule has 0 aliphatic carbocycles. The fourth-order valence-electron chi connectivity index (χ4n) is 3.13. The lowest BCUT2D eigenvalue weighted by Crippen LogP contribution is -2.49. The van der Waals surface area contributed by atoms with Gasteiger partial charge in [-0.25, -0.2) is 9.59 Å². The van der Waals surface area contributed by atoms with E-state index in [-0.39, 0.29) is 32.1 Å². The molecule has 12 nitrogen and oxygen atoms in total. The van der Waals surface area contributed by atoms with E-state index in [1.54, 1.807) is 20.8 Å². The van der Waals surface area contributed by atoms with Gasteiger partial charge in [-0.15, -0.1) is 0 Å². The molecule has 1 aliphatic rings. The van der Waals surface area contributed by atoms with Gasteiger partial charge in [0.25, 0.3) is 5.72 Å². The van der Waals surface area contributed by atoms with Crippen molar-refractivity contribution >= 4 is 25.3 Å². The average molecular weight is 446 g/mol. The lowest BCUT2D eigenvalue weighted by molar-refractivity contribution is -0.235. The van der Waals surface area contributed by atoms with Gasteiger partial charge in [-0.2, -0.15) is 10.0 Å². The summed E-state index contributed by atoms with van der Waals surface area (Å²) in [5, 5.41) is 3.57. The summed E-state index contributed by atoms with van der Waals surface area (Å²) >= 11 is 0. The molecule has 1 N–H and O–H groups in total. The fourth-order valence-corrected chi connectivity index (χ4v) is 5.18. The molecule has 13 heteroatoms.